The molecule has 0 bridgehead atoms. The predicted molar refractivity (Wildman–Crippen MR) is 139 cm³/mol. The number of anilines is 4. The molecule has 6 rings (SSSR count). The Kier molecular flexibility index (Phi) is 5.11. The quantitative estimate of drug-likeness (QED) is 0.335. The summed E-state index contributed by atoms with van der Waals surface area (Å²) in [6.07, 6.45) is 5.39. The third-order valence-corrected chi connectivity index (χ3v) is 5.82. The van der Waals surface area contributed by atoms with Crippen molar-refractivity contribution >= 4 is 39.7 Å². The van der Waals surface area contributed by atoms with Gasteiger partial charge in [-0.15, -0.1) is 5.10 Å². The molecule has 0 spiro atoms. The third kappa shape index (κ3) is 4.29. The molecule has 3 aromatic carbocycles. The molecular formula is C27H24N8. The van der Waals surface area contributed by atoms with Crippen LogP contribution in [-0.4, -0.2) is 29.4 Å². The lowest BCUT2D eigenvalue weighted by Crippen LogP contribution is -2.02. The molecule has 6 aromatic rings. The van der Waals surface area contributed by atoms with E-state index in [2.05, 4.69) is 87.1 Å². The van der Waals surface area contributed by atoms with Crippen LogP contribution in [0, 0.1) is 13.8 Å². The summed E-state index contributed by atoms with van der Waals surface area (Å²) in [5, 5.41) is 17.0. The molecule has 8 heteroatoms. The van der Waals surface area contributed by atoms with Gasteiger partial charge in [0.25, 0.3) is 0 Å². The largest absolute Gasteiger partial charge is 0.337 e. The average molecular weight is 461 g/mol. The Hall–Kier alpha value is -4.72. The molecule has 35 heavy (non-hydrogen) atoms. The van der Waals surface area contributed by atoms with Crippen LogP contribution in [0.2, 0.25) is 0 Å². The number of aryl methyl sites for hydroxylation is 2. The Balaban J connectivity index is 1.30. The molecule has 0 fully saturated rings. The van der Waals surface area contributed by atoms with Crippen molar-refractivity contribution in [1.82, 2.24) is 29.4 Å². The predicted octanol–water partition coefficient (Wildman–Crippen LogP) is 5.63. The van der Waals surface area contributed by atoms with Crippen LogP contribution in [0.3, 0.4) is 0 Å². The van der Waals surface area contributed by atoms with Gasteiger partial charge >= 0.3 is 0 Å². The van der Waals surface area contributed by atoms with E-state index in [9.17, 15) is 0 Å². The normalized spacial score (nSPS) is 11.3. The van der Waals surface area contributed by atoms with Crippen LogP contribution in [-0.2, 0) is 6.54 Å². The highest BCUT2D eigenvalue weighted by Gasteiger charge is 2.12. The zero-order valence-electron chi connectivity index (χ0n) is 19.5. The minimum Gasteiger partial charge on any atom is -0.337 e. The number of nitrogens with one attached hydrogen (secondary N) is 2. The molecule has 0 saturated heterocycles. The molecule has 0 aliphatic carbocycles. The van der Waals surface area contributed by atoms with E-state index in [1.165, 1.54) is 16.7 Å². The molecule has 3 heterocycles. The summed E-state index contributed by atoms with van der Waals surface area (Å²) >= 11 is 0. The highest BCUT2D eigenvalue weighted by molar-refractivity contribution is 5.84. The van der Waals surface area contributed by atoms with Crippen LogP contribution >= 0.6 is 0 Å². The highest BCUT2D eigenvalue weighted by Crippen LogP contribution is 2.25. The van der Waals surface area contributed by atoms with Crippen LogP contribution < -0.4 is 10.6 Å². The van der Waals surface area contributed by atoms with Crippen LogP contribution in [0.15, 0.2) is 85.3 Å². The highest BCUT2D eigenvalue weighted by atomic mass is 15.4. The first kappa shape index (κ1) is 20.9. The summed E-state index contributed by atoms with van der Waals surface area (Å²) in [4.78, 5) is 9.21. The summed E-state index contributed by atoms with van der Waals surface area (Å²) in [5.74, 6) is 1.14. The first-order chi connectivity index (χ1) is 17.1. The molecule has 172 valence electrons. The van der Waals surface area contributed by atoms with Crippen molar-refractivity contribution in [2.24, 2.45) is 0 Å². The molecule has 0 radical (unpaired) electrons. The van der Waals surface area contributed by atoms with Crippen molar-refractivity contribution in [3.63, 3.8) is 0 Å². The fourth-order valence-corrected chi connectivity index (χ4v) is 4.30. The van der Waals surface area contributed by atoms with E-state index in [4.69, 9.17) is 0 Å². The standard InChI is InChI=1S/C27H24N8/c1-18-12-19(2)14-23(13-18)31-27-32-26-25(28-10-11-34(26)33-27)30-22-9-8-21-16-29-35(24(21)15-22)17-20-6-4-3-5-7-20/h3-16H,17H2,1-2H3,(H,28,30)(H,31,33). The van der Waals surface area contributed by atoms with Crippen molar-refractivity contribution < 1.29 is 0 Å². The minimum atomic E-state index is 0.516. The SMILES string of the molecule is Cc1cc(C)cc(Nc2nc3c(Nc4ccc5cnn(Cc6ccccc6)c5c4)nccn3n2)c1. The Labute approximate surface area is 202 Å². The van der Waals surface area contributed by atoms with E-state index in [1.807, 2.05) is 35.1 Å². The van der Waals surface area contributed by atoms with Gasteiger partial charge in [-0.05, 0) is 60.9 Å². The third-order valence-electron chi connectivity index (χ3n) is 5.82. The lowest BCUT2D eigenvalue weighted by atomic mass is 10.1. The number of benzene rings is 3. The van der Waals surface area contributed by atoms with E-state index < -0.39 is 0 Å². The summed E-state index contributed by atoms with van der Waals surface area (Å²) in [6, 6.07) is 22.8. The first-order valence-corrected chi connectivity index (χ1v) is 11.4. The molecule has 0 aliphatic rings. The number of aromatic nitrogens is 6. The molecule has 0 amide bonds. The lowest BCUT2D eigenvalue weighted by Gasteiger charge is -2.08. The van der Waals surface area contributed by atoms with Crippen molar-refractivity contribution in [2.75, 3.05) is 10.6 Å². The maximum atomic E-state index is 4.69. The topological polar surface area (TPSA) is 85.0 Å². The molecule has 8 nitrogen and oxygen atoms in total. The number of fused-ring (bicyclic) bond motifs is 2. The van der Waals surface area contributed by atoms with Gasteiger partial charge in [-0.25, -0.2) is 9.50 Å². The number of rotatable bonds is 6. The van der Waals surface area contributed by atoms with E-state index in [1.54, 1.807) is 16.9 Å². The lowest BCUT2D eigenvalue weighted by molar-refractivity contribution is 0.712. The van der Waals surface area contributed by atoms with E-state index in [0.717, 1.165) is 22.3 Å². The van der Waals surface area contributed by atoms with Crippen LogP contribution in [0.25, 0.3) is 16.6 Å². The second-order valence-corrected chi connectivity index (χ2v) is 8.67. The maximum Gasteiger partial charge on any atom is 0.247 e. The van der Waals surface area contributed by atoms with Crippen LogP contribution in [0.5, 0.6) is 0 Å². The molecule has 3 aromatic heterocycles. The molecule has 2 N–H and O–H groups in total. The second-order valence-electron chi connectivity index (χ2n) is 8.67. The van der Waals surface area contributed by atoms with E-state index >= 15 is 0 Å². The van der Waals surface area contributed by atoms with E-state index in [-0.39, 0.29) is 0 Å². The van der Waals surface area contributed by atoms with Crippen LogP contribution in [0.4, 0.5) is 23.1 Å². The van der Waals surface area contributed by atoms with Gasteiger partial charge in [0, 0.05) is 29.2 Å². The average Bonchev–Trinajstić information content (AvgIpc) is 3.43. The summed E-state index contributed by atoms with van der Waals surface area (Å²) in [5.41, 5.74) is 7.11. The van der Waals surface area contributed by atoms with Crippen LogP contribution in [0.1, 0.15) is 16.7 Å². The Morgan fingerprint density at radius 3 is 2.51 bits per heavy atom. The summed E-state index contributed by atoms with van der Waals surface area (Å²) < 4.78 is 3.73. The molecular weight excluding hydrogens is 436 g/mol. The Morgan fingerprint density at radius 2 is 1.69 bits per heavy atom. The van der Waals surface area contributed by atoms with Gasteiger partial charge in [0.15, 0.2) is 5.82 Å². The summed E-state index contributed by atoms with van der Waals surface area (Å²) in [6.45, 7) is 4.85. The molecule has 0 atom stereocenters. The fraction of sp³-hybridized carbons (Fsp3) is 0.111. The van der Waals surface area contributed by atoms with Crippen molar-refractivity contribution in [2.45, 2.75) is 20.4 Å². The fourth-order valence-electron chi connectivity index (χ4n) is 4.30. The number of nitrogens with zero attached hydrogens (tertiary/aromatic N) is 6. The van der Waals surface area contributed by atoms with Gasteiger partial charge in [0.1, 0.15) is 0 Å². The minimum absolute atomic E-state index is 0.516. The van der Waals surface area contributed by atoms with Crippen molar-refractivity contribution in [3.8, 4) is 0 Å². The van der Waals surface area contributed by atoms with Gasteiger partial charge in [0.05, 0.1) is 18.3 Å². The van der Waals surface area contributed by atoms with E-state index in [0.29, 0.717) is 24.0 Å². The zero-order valence-corrected chi connectivity index (χ0v) is 19.5. The number of hydrogen-bond donors (Lipinski definition) is 2. The maximum absolute atomic E-state index is 4.69. The summed E-state index contributed by atoms with van der Waals surface area (Å²) in [7, 11) is 0. The Morgan fingerprint density at radius 1 is 0.857 bits per heavy atom. The monoisotopic (exact) mass is 460 g/mol. The second kappa shape index (κ2) is 8.57. The van der Waals surface area contributed by atoms with Gasteiger partial charge < -0.3 is 10.6 Å². The molecule has 0 saturated carbocycles. The molecule has 0 aliphatic heterocycles. The van der Waals surface area contributed by atoms with Gasteiger partial charge in [-0.1, -0.05) is 36.4 Å². The Bertz CT molecular complexity index is 1630. The first-order valence-electron chi connectivity index (χ1n) is 11.4. The van der Waals surface area contributed by atoms with Crippen molar-refractivity contribution in [1.29, 1.82) is 0 Å². The van der Waals surface area contributed by atoms with Gasteiger partial charge in [-0.2, -0.15) is 10.1 Å². The zero-order chi connectivity index (χ0) is 23.8. The van der Waals surface area contributed by atoms with Gasteiger partial charge in [0.2, 0.25) is 11.6 Å². The molecule has 0 unspecified atom stereocenters. The van der Waals surface area contributed by atoms with Gasteiger partial charge in [-0.3, -0.25) is 4.68 Å². The van der Waals surface area contributed by atoms with Crippen molar-refractivity contribution in [3.05, 3.63) is 102 Å². The number of hydrogen-bond acceptors (Lipinski definition) is 6. The smallest absolute Gasteiger partial charge is 0.247 e.